The number of carbonyl (C=O) groups excluding carboxylic acids is 1. The van der Waals surface area contributed by atoms with Gasteiger partial charge in [-0.2, -0.15) is 0 Å². The molecule has 0 saturated heterocycles. The third-order valence-corrected chi connectivity index (χ3v) is 4.39. The van der Waals surface area contributed by atoms with Crippen molar-refractivity contribution >= 4 is 5.91 Å². The summed E-state index contributed by atoms with van der Waals surface area (Å²) in [4.78, 5) is 12.2. The van der Waals surface area contributed by atoms with Crippen molar-refractivity contribution in [2.75, 3.05) is 6.61 Å². The van der Waals surface area contributed by atoms with E-state index in [0.717, 1.165) is 19.3 Å². The van der Waals surface area contributed by atoms with Crippen LogP contribution >= 0.6 is 0 Å². The summed E-state index contributed by atoms with van der Waals surface area (Å²) >= 11 is 0. The first kappa shape index (κ1) is 13.6. The molecule has 0 aliphatic heterocycles. The average molecular weight is 277 g/mol. The molecule has 0 radical (unpaired) electrons. The zero-order valence-electron chi connectivity index (χ0n) is 11.4. The van der Waals surface area contributed by atoms with Gasteiger partial charge in [0.25, 0.3) is 0 Å². The molecule has 1 aromatic carbocycles. The van der Waals surface area contributed by atoms with E-state index in [2.05, 4.69) is 5.32 Å². The number of benzene rings is 1. The molecule has 3 nitrogen and oxygen atoms in total. The zero-order valence-corrected chi connectivity index (χ0v) is 11.4. The van der Waals surface area contributed by atoms with E-state index >= 15 is 0 Å². The Bertz CT molecular complexity index is 501. The molecule has 1 aromatic rings. The summed E-state index contributed by atoms with van der Waals surface area (Å²) in [6.07, 6.45) is 3.61. The third-order valence-electron chi connectivity index (χ3n) is 4.39. The van der Waals surface area contributed by atoms with E-state index in [9.17, 15) is 9.18 Å². The molecule has 2 saturated carbocycles. The zero-order chi connectivity index (χ0) is 14.1. The minimum absolute atomic E-state index is 0.0172. The summed E-state index contributed by atoms with van der Waals surface area (Å²) in [7, 11) is 0. The molecular weight excluding hydrogens is 257 g/mol. The molecule has 4 heteroatoms. The highest BCUT2D eigenvalue weighted by Crippen LogP contribution is 2.48. The Morgan fingerprint density at radius 2 is 2.15 bits per heavy atom. The van der Waals surface area contributed by atoms with Crippen LogP contribution < -0.4 is 5.32 Å². The van der Waals surface area contributed by atoms with Crippen LogP contribution in [0.4, 0.5) is 4.39 Å². The van der Waals surface area contributed by atoms with Crippen molar-refractivity contribution in [2.45, 2.75) is 37.6 Å². The predicted molar refractivity (Wildman–Crippen MR) is 73.6 cm³/mol. The van der Waals surface area contributed by atoms with Crippen molar-refractivity contribution in [3.05, 3.63) is 35.6 Å². The molecule has 0 bridgehead atoms. The van der Waals surface area contributed by atoms with Crippen LogP contribution in [0.2, 0.25) is 0 Å². The van der Waals surface area contributed by atoms with Crippen molar-refractivity contribution in [3.8, 4) is 0 Å². The largest absolute Gasteiger partial charge is 0.396 e. The molecule has 2 aliphatic rings. The van der Waals surface area contributed by atoms with Crippen LogP contribution in [0.5, 0.6) is 0 Å². The van der Waals surface area contributed by atoms with E-state index in [1.54, 1.807) is 12.1 Å². The van der Waals surface area contributed by atoms with Crippen molar-refractivity contribution in [3.63, 3.8) is 0 Å². The second kappa shape index (κ2) is 5.52. The highest BCUT2D eigenvalue weighted by atomic mass is 19.1. The summed E-state index contributed by atoms with van der Waals surface area (Å²) < 4.78 is 13.7. The molecule has 0 heterocycles. The fourth-order valence-electron chi connectivity index (χ4n) is 2.96. The average Bonchev–Trinajstić information content (AvgIpc) is 3.31. The minimum Gasteiger partial charge on any atom is -0.396 e. The SMILES string of the molecule is O=C(NC(CCO)C1CC1)C1CC1c1ccccc1F. The van der Waals surface area contributed by atoms with Gasteiger partial charge in [0.05, 0.1) is 0 Å². The van der Waals surface area contributed by atoms with Crippen LogP contribution in [-0.2, 0) is 4.79 Å². The molecule has 20 heavy (non-hydrogen) atoms. The van der Waals surface area contributed by atoms with Gasteiger partial charge in [0, 0.05) is 18.6 Å². The van der Waals surface area contributed by atoms with Gasteiger partial charge in [-0.05, 0) is 49.1 Å². The van der Waals surface area contributed by atoms with Crippen molar-refractivity contribution in [1.82, 2.24) is 5.32 Å². The molecule has 108 valence electrons. The van der Waals surface area contributed by atoms with Gasteiger partial charge in [-0.1, -0.05) is 18.2 Å². The van der Waals surface area contributed by atoms with E-state index in [0.29, 0.717) is 17.9 Å². The lowest BCUT2D eigenvalue weighted by atomic mass is 10.1. The fraction of sp³-hybridized carbons (Fsp3) is 0.562. The van der Waals surface area contributed by atoms with E-state index in [1.165, 1.54) is 6.07 Å². The van der Waals surface area contributed by atoms with Crippen molar-refractivity contribution in [1.29, 1.82) is 0 Å². The van der Waals surface area contributed by atoms with Gasteiger partial charge in [-0.3, -0.25) is 4.79 Å². The minimum atomic E-state index is -0.220. The van der Waals surface area contributed by atoms with Gasteiger partial charge in [0.15, 0.2) is 0 Å². The summed E-state index contributed by atoms with van der Waals surface area (Å²) in [5, 5.41) is 12.1. The van der Waals surface area contributed by atoms with E-state index in [1.807, 2.05) is 6.07 Å². The summed E-state index contributed by atoms with van der Waals surface area (Å²) in [6.45, 7) is 0.100. The Morgan fingerprint density at radius 3 is 2.80 bits per heavy atom. The summed E-state index contributed by atoms with van der Waals surface area (Å²) in [5.41, 5.74) is 0.651. The summed E-state index contributed by atoms with van der Waals surface area (Å²) in [6, 6.07) is 6.78. The number of halogens is 1. The van der Waals surface area contributed by atoms with Crippen molar-refractivity contribution < 1.29 is 14.3 Å². The number of rotatable bonds is 6. The Morgan fingerprint density at radius 1 is 1.40 bits per heavy atom. The Kier molecular flexibility index (Phi) is 3.74. The Hall–Kier alpha value is -1.42. The van der Waals surface area contributed by atoms with Gasteiger partial charge < -0.3 is 10.4 Å². The maximum atomic E-state index is 13.7. The topological polar surface area (TPSA) is 49.3 Å². The van der Waals surface area contributed by atoms with Gasteiger partial charge >= 0.3 is 0 Å². The smallest absolute Gasteiger partial charge is 0.223 e. The van der Waals surface area contributed by atoms with Crippen LogP contribution in [0.1, 0.15) is 37.2 Å². The number of hydrogen-bond donors (Lipinski definition) is 2. The Balaban J connectivity index is 1.58. The van der Waals surface area contributed by atoms with Crippen LogP contribution in [-0.4, -0.2) is 23.7 Å². The van der Waals surface area contributed by atoms with Crippen molar-refractivity contribution in [2.24, 2.45) is 11.8 Å². The van der Waals surface area contributed by atoms with Gasteiger partial charge in [-0.25, -0.2) is 4.39 Å². The maximum absolute atomic E-state index is 13.7. The van der Waals surface area contributed by atoms with Crippen LogP contribution in [0.15, 0.2) is 24.3 Å². The van der Waals surface area contributed by atoms with E-state index < -0.39 is 0 Å². The highest BCUT2D eigenvalue weighted by molar-refractivity contribution is 5.83. The molecule has 2 fully saturated rings. The lowest BCUT2D eigenvalue weighted by Gasteiger charge is -2.17. The normalized spacial score (nSPS) is 26.1. The number of nitrogens with one attached hydrogen (secondary N) is 1. The molecule has 3 atom stereocenters. The number of amides is 1. The quantitative estimate of drug-likeness (QED) is 0.837. The molecule has 2 N–H and O–H groups in total. The van der Waals surface area contributed by atoms with Crippen LogP contribution in [0.3, 0.4) is 0 Å². The second-order valence-electron chi connectivity index (χ2n) is 5.93. The number of hydrogen-bond acceptors (Lipinski definition) is 2. The first-order valence-corrected chi connectivity index (χ1v) is 7.36. The molecule has 3 rings (SSSR count). The fourth-order valence-corrected chi connectivity index (χ4v) is 2.96. The standard InChI is InChI=1S/C16H20FNO2/c17-14-4-2-1-3-11(14)12-9-13(12)16(20)18-15(7-8-19)10-5-6-10/h1-4,10,12-13,15,19H,5-9H2,(H,18,20). The molecule has 1 amide bonds. The Labute approximate surface area is 118 Å². The third kappa shape index (κ3) is 2.85. The van der Waals surface area contributed by atoms with E-state index in [4.69, 9.17) is 5.11 Å². The van der Waals surface area contributed by atoms with Gasteiger partial charge in [-0.15, -0.1) is 0 Å². The second-order valence-corrected chi connectivity index (χ2v) is 5.93. The summed E-state index contributed by atoms with van der Waals surface area (Å²) in [5.74, 6) is 0.235. The number of carbonyl (C=O) groups is 1. The first-order chi connectivity index (χ1) is 9.70. The van der Waals surface area contributed by atoms with Crippen LogP contribution in [0, 0.1) is 17.7 Å². The molecule has 2 aliphatic carbocycles. The molecule has 3 unspecified atom stereocenters. The number of aliphatic hydroxyl groups excluding tert-OH is 1. The lowest BCUT2D eigenvalue weighted by molar-refractivity contribution is -0.123. The maximum Gasteiger partial charge on any atom is 0.223 e. The monoisotopic (exact) mass is 277 g/mol. The van der Waals surface area contributed by atoms with Gasteiger partial charge in [0.1, 0.15) is 5.82 Å². The number of aliphatic hydroxyl groups is 1. The van der Waals surface area contributed by atoms with E-state index in [-0.39, 0.29) is 36.2 Å². The van der Waals surface area contributed by atoms with Crippen LogP contribution in [0.25, 0.3) is 0 Å². The first-order valence-electron chi connectivity index (χ1n) is 7.36. The molecule has 0 spiro atoms. The molecular formula is C16H20FNO2. The predicted octanol–water partition coefficient (Wildman–Crippen LogP) is 2.21. The molecule has 0 aromatic heterocycles. The highest BCUT2D eigenvalue weighted by Gasteiger charge is 2.46. The lowest BCUT2D eigenvalue weighted by Crippen LogP contribution is -2.38. The van der Waals surface area contributed by atoms with Gasteiger partial charge in [0.2, 0.25) is 5.91 Å².